The van der Waals surface area contributed by atoms with E-state index in [2.05, 4.69) is 4.98 Å². The number of benzene rings is 1. The van der Waals surface area contributed by atoms with Gasteiger partial charge in [-0.1, -0.05) is 6.07 Å². The number of hydrogen-bond acceptors (Lipinski definition) is 4. The van der Waals surface area contributed by atoms with Crippen molar-refractivity contribution in [3.05, 3.63) is 59.5 Å². The summed E-state index contributed by atoms with van der Waals surface area (Å²) in [7, 11) is 3.32. The zero-order chi connectivity index (χ0) is 19.0. The number of imidazole rings is 1. The van der Waals surface area contributed by atoms with Gasteiger partial charge in [-0.15, -0.1) is 0 Å². The Morgan fingerprint density at radius 2 is 2.04 bits per heavy atom. The van der Waals surface area contributed by atoms with Gasteiger partial charge in [0.2, 0.25) is 0 Å². The topological polar surface area (TPSA) is 56.1 Å². The molecule has 0 bridgehead atoms. The number of pyridine rings is 1. The van der Waals surface area contributed by atoms with E-state index in [1.54, 1.807) is 14.2 Å². The maximum atomic E-state index is 13.1. The van der Waals surface area contributed by atoms with Crippen LogP contribution in [-0.4, -0.2) is 47.5 Å². The van der Waals surface area contributed by atoms with Gasteiger partial charge in [0, 0.05) is 30.8 Å². The highest BCUT2D eigenvalue weighted by Gasteiger charge is 2.31. The van der Waals surface area contributed by atoms with Crippen LogP contribution in [0, 0.1) is 6.92 Å². The van der Waals surface area contributed by atoms with Crippen molar-refractivity contribution in [1.29, 1.82) is 0 Å². The number of carbonyl (C=O) groups excluding carboxylic acids is 1. The van der Waals surface area contributed by atoms with E-state index < -0.39 is 0 Å². The van der Waals surface area contributed by atoms with Gasteiger partial charge in [-0.05, 0) is 43.7 Å². The minimum absolute atomic E-state index is 0.0134. The molecule has 1 aliphatic heterocycles. The third kappa shape index (κ3) is 3.01. The highest BCUT2D eigenvalue weighted by atomic mass is 16.5. The minimum atomic E-state index is -0.0134. The molecule has 1 aliphatic rings. The first-order chi connectivity index (χ1) is 13.1. The molecule has 140 valence electrons. The number of aryl methyl sites for hydroxylation is 1. The van der Waals surface area contributed by atoms with E-state index in [9.17, 15) is 4.79 Å². The van der Waals surface area contributed by atoms with Crippen LogP contribution < -0.4 is 9.47 Å². The first-order valence-electron chi connectivity index (χ1n) is 9.07. The molecule has 1 unspecified atom stereocenters. The number of ether oxygens (including phenoxy) is 2. The highest BCUT2D eigenvalue weighted by Crippen LogP contribution is 2.36. The summed E-state index contributed by atoms with van der Waals surface area (Å²) in [4.78, 5) is 19.5. The molecule has 0 aliphatic carbocycles. The summed E-state index contributed by atoms with van der Waals surface area (Å²) in [5.41, 5.74) is 3.28. The van der Waals surface area contributed by atoms with Crippen molar-refractivity contribution < 1.29 is 14.3 Å². The molecule has 0 saturated carbocycles. The highest BCUT2D eigenvalue weighted by molar-refractivity contribution is 5.94. The lowest BCUT2D eigenvalue weighted by Gasteiger charge is -2.18. The smallest absolute Gasteiger partial charge is 0.274 e. The van der Waals surface area contributed by atoms with Crippen molar-refractivity contribution in [2.45, 2.75) is 19.3 Å². The third-order valence-electron chi connectivity index (χ3n) is 5.32. The summed E-state index contributed by atoms with van der Waals surface area (Å²) in [6.07, 6.45) is 2.82. The van der Waals surface area contributed by atoms with Gasteiger partial charge in [0.25, 0.3) is 5.91 Å². The summed E-state index contributed by atoms with van der Waals surface area (Å²) in [5, 5.41) is 0. The Bertz CT molecular complexity index is 996. The maximum absolute atomic E-state index is 13.1. The maximum Gasteiger partial charge on any atom is 0.274 e. The molecule has 1 aromatic carbocycles. The van der Waals surface area contributed by atoms with Crippen molar-refractivity contribution in [2.24, 2.45) is 0 Å². The number of rotatable bonds is 4. The van der Waals surface area contributed by atoms with Crippen molar-refractivity contribution in [3.8, 4) is 11.5 Å². The molecule has 1 fully saturated rings. The quantitative estimate of drug-likeness (QED) is 0.712. The van der Waals surface area contributed by atoms with E-state index in [-0.39, 0.29) is 11.8 Å². The van der Waals surface area contributed by atoms with Crippen LogP contribution in [-0.2, 0) is 0 Å². The van der Waals surface area contributed by atoms with Crippen LogP contribution in [0.1, 0.15) is 34.1 Å². The van der Waals surface area contributed by atoms with E-state index in [0.29, 0.717) is 18.8 Å². The SMILES string of the molecule is COc1ccc(OC)c(C2CCN(C(=O)c3nc4ccccn4c3C)C2)c1. The first-order valence-corrected chi connectivity index (χ1v) is 9.07. The van der Waals surface area contributed by atoms with Gasteiger partial charge in [0.05, 0.1) is 19.9 Å². The Morgan fingerprint density at radius 1 is 1.19 bits per heavy atom. The Hall–Kier alpha value is -3.02. The van der Waals surface area contributed by atoms with Gasteiger partial charge >= 0.3 is 0 Å². The number of carbonyl (C=O) groups is 1. The molecule has 3 aromatic rings. The van der Waals surface area contributed by atoms with Crippen LogP contribution in [0.4, 0.5) is 0 Å². The number of methoxy groups -OCH3 is 2. The van der Waals surface area contributed by atoms with Gasteiger partial charge < -0.3 is 18.8 Å². The molecule has 2 aromatic heterocycles. The molecule has 6 nitrogen and oxygen atoms in total. The van der Waals surface area contributed by atoms with Crippen LogP contribution in [0.15, 0.2) is 42.6 Å². The van der Waals surface area contributed by atoms with Crippen molar-refractivity contribution >= 4 is 11.6 Å². The predicted molar refractivity (Wildman–Crippen MR) is 103 cm³/mol. The standard InChI is InChI=1S/C21H23N3O3/c1-14-20(22-19-6-4-5-10-24(14)19)21(25)23-11-9-15(13-23)17-12-16(26-2)7-8-18(17)27-3/h4-8,10,12,15H,9,11,13H2,1-3H3. The molecule has 1 atom stereocenters. The molecule has 0 N–H and O–H groups in total. The molecule has 4 rings (SSSR count). The summed E-state index contributed by atoms with van der Waals surface area (Å²) in [6, 6.07) is 11.6. The van der Waals surface area contributed by atoms with Gasteiger partial charge in [0.1, 0.15) is 22.8 Å². The van der Waals surface area contributed by atoms with Crippen molar-refractivity contribution in [3.63, 3.8) is 0 Å². The third-order valence-corrected chi connectivity index (χ3v) is 5.32. The van der Waals surface area contributed by atoms with Crippen molar-refractivity contribution in [2.75, 3.05) is 27.3 Å². The Kier molecular flexibility index (Phi) is 4.48. The Balaban J connectivity index is 1.59. The fourth-order valence-electron chi connectivity index (χ4n) is 3.83. The number of nitrogens with zero attached hydrogens (tertiary/aromatic N) is 3. The molecule has 6 heteroatoms. The van der Waals surface area contributed by atoms with Crippen LogP contribution in [0.3, 0.4) is 0 Å². The second-order valence-corrected chi connectivity index (χ2v) is 6.82. The summed E-state index contributed by atoms with van der Waals surface area (Å²) >= 11 is 0. The molecule has 1 saturated heterocycles. The predicted octanol–water partition coefficient (Wildman–Crippen LogP) is 3.29. The van der Waals surface area contributed by atoms with E-state index in [4.69, 9.17) is 9.47 Å². The first kappa shape index (κ1) is 17.4. The largest absolute Gasteiger partial charge is 0.497 e. The lowest BCUT2D eigenvalue weighted by atomic mass is 9.97. The van der Waals surface area contributed by atoms with Gasteiger partial charge in [0.15, 0.2) is 0 Å². The average Bonchev–Trinajstić information content (AvgIpc) is 3.32. The molecule has 27 heavy (non-hydrogen) atoms. The normalized spacial score (nSPS) is 16.7. The van der Waals surface area contributed by atoms with E-state index in [0.717, 1.165) is 34.8 Å². The van der Waals surface area contributed by atoms with Crippen LogP contribution in [0.2, 0.25) is 0 Å². The summed E-state index contributed by atoms with van der Waals surface area (Å²) < 4.78 is 12.8. The van der Waals surface area contributed by atoms with Crippen molar-refractivity contribution in [1.82, 2.24) is 14.3 Å². The molecular weight excluding hydrogens is 342 g/mol. The number of likely N-dealkylation sites (tertiary alicyclic amines) is 1. The van der Waals surface area contributed by atoms with E-state index in [1.807, 2.05) is 58.8 Å². The second kappa shape index (κ2) is 6.95. The van der Waals surface area contributed by atoms with E-state index >= 15 is 0 Å². The summed E-state index contributed by atoms with van der Waals surface area (Å²) in [5.74, 6) is 1.84. The second-order valence-electron chi connectivity index (χ2n) is 6.82. The van der Waals surface area contributed by atoms with Gasteiger partial charge in [-0.25, -0.2) is 4.98 Å². The minimum Gasteiger partial charge on any atom is -0.497 e. The van der Waals surface area contributed by atoms with Gasteiger partial charge in [-0.3, -0.25) is 4.79 Å². The molecule has 3 heterocycles. The van der Waals surface area contributed by atoms with Crippen LogP contribution in [0.25, 0.3) is 5.65 Å². The van der Waals surface area contributed by atoms with Crippen LogP contribution in [0.5, 0.6) is 11.5 Å². The summed E-state index contributed by atoms with van der Waals surface area (Å²) in [6.45, 7) is 3.29. The Morgan fingerprint density at radius 3 is 2.78 bits per heavy atom. The van der Waals surface area contributed by atoms with Crippen LogP contribution >= 0.6 is 0 Å². The number of aromatic nitrogens is 2. The number of hydrogen-bond donors (Lipinski definition) is 0. The molecule has 1 amide bonds. The zero-order valence-corrected chi connectivity index (χ0v) is 15.8. The average molecular weight is 365 g/mol. The van der Waals surface area contributed by atoms with E-state index in [1.165, 1.54) is 0 Å². The Labute approximate surface area is 158 Å². The monoisotopic (exact) mass is 365 g/mol. The molecule has 0 radical (unpaired) electrons. The molecule has 0 spiro atoms. The lowest BCUT2D eigenvalue weighted by molar-refractivity contribution is 0.0784. The fourth-order valence-corrected chi connectivity index (χ4v) is 3.83. The fraction of sp³-hybridized carbons (Fsp3) is 0.333. The zero-order valence-electron chi connectivity index (χ0n) is 15.8. The molecular formula is C21H23N3O3. The number of amides is 1. The number of fused-ring (bicyclic) bond motifs is 1. The van der Waals surface area contributed by atoms with Gasteiger partial charge in [-0.2, -0.15) is 0 Å². The lowest BCUT2D eigenvalue weighted by Crippen LogP contribution is -2.29.